The van der Waals surface area contributed by atoms with Gasteiger partial charge < -0.3 is 15.2 Å². The summed E-state index contributed by atoms with van der Waals surface area (Å²) in [6.45, 7) is 3.66. The van der Waals surface area contributed by atoms with Crippen molar-refractivity contribution in [2.75, 3.05) is 10.6 Å². The Morgan fingerprint density at radius 1 is 1.19 bits per heavy atom. The number of carbonyl (C=O) groups excluding carboxylic acids is 2. The summed E-state index contributed by atoms with van der Waals surface area (Å²) in [6.07, 6.45) is -0.299. The number of aromatic nitrogens is 1. The van der Waals surface area contributed by atoms with Crippen LogP contribution in [-0.4, -0.2) is 17.0 Å². The highest BCUT2D eigenvalue weighted by molar-refractivity contribution is 9.10. The Kier molecular flexibility index (Phi) is 4.74. The van der Waals surface area contributed by atoms with Crippen molar-refractivity contribution in [1.29, 1.82) is 0 Å². The van der Waals surface area contributed by atoms with E-state index in [2.05, 4.69) is 31.7 Å². The zero-order chi connectivity index (χ0) is 15.4. The molecule has 0 radical (unpaired) electrons. The molecule has 1 heterocycles. The van der Waals surface area contributed by atoms with E-state index in [1.807, 2.05) is 19.1 Å². The Morgan fingerprint density at radius 3 is 2.52 bits per heavy atom. The van der Waals surface area contributed by atoms with Gasteiger partial charge in [-0.15, -0.1) is 0 Å². The highest BCUT2D eigenvalue weighted by Crippen LogP contribution is 2.23. The minimum Gasteiger partial charge on any atom is -0.360 e. The molecule has 0 saturated heterocycles. The van der Waals surface area contributed by atoms with Crippen LogP contribution in [-0.2, 0) is 9.59 Å². The number of anilines is 2. The van der Waals surface area contributed by atoms with Crippen molar-refractivity contribution in [2.24, 2.45) is 0 Å². The van der Waals surface area contributed by atoms with Crippen LogP contribution in [0.4, 0.5) is 11.5 Å². The van der Waals surface area contributed by atoms with Crippen molar-refractivity contribution in [3.63, 3.8) is 0 Å². The number of amides is 2. The second kappa shape index (κ2) is 6.53. The molecule has 0 saturated carbocycles. The topological polar surface area (TPSA) is 84.2 Å². The van der Waals surface area contributed by atoms with E-state index >= 15 is 0 Å². The van der Waals surface area contributed by atoms with Gasteiger partial charge in [-0.2, -0.15) is 0 Å². The summed E-state index contributed by atoms with van der Waals surface area (Å²) in [5.74, 6) is 0.0152. The van der Waals surface area contributed by atoms with Gasteiger partial charge in [-0.05, 0) is 47.5 Å². The number of hydrogen-bond acceptors (Lipinski definition) is 4. The lowest BCUT2D eigenvalue weighted by molar-refractivity contribution is -0.123. The molecule has 2 N–H and O–H groups in total. The maximum Gasteiger partial charge on any atom is 0.235 e. The molecule has 7 heteroatoms. The largest absolute Gasteiger partial charge is 0.360 e. The number of carbonyl (C=O) groups is 2. The van der Waals surface area contributed by atoms with Gasteiger partial charge in [-0.1, -0.05) is 11.2 Å². The van der Waals surface area contributed by atoms with Crippen molar-refractivity contribution in [1.82, 2.24) is 5.16 Å². The third kappa shape index (κ3) is 4.42. The van der Waals surface area contributed by atoms with Gasteiger partial charge in [0, 0.05) is 10.5 Å². The Balaban J connectivity index is 1.90. The first-order valence-electron chi connectivity index (χ1n) is 6.23. The summed E-state index contributed by atoms with van der Waals surface area (Å²) in [6, 6.07) is 7.11. The van der Waals surface area contributed by atoms with E-state index in [1.54, 1.807) is 19.1 Å². The van der Waals surface area contributed by atoms with Crippen LogP contribution in [0.3, 0.4) is 0 Å². The number of hydrogen-bond donors (Lipinski definition) is 2. The normalized spacial score (nSPS) is 10.2. The van der Waals surface area contributed by atoms with Crippen molar-refractivity contribution in [2.45, 2.75) is 20.3 Å². The van der Waals surface area contributed by atoms with Gasteiger partial charge in [0.25, 0.3) is 0 Å². The fourth-order valence-electron chi connectivity index (χ4n) is 1.67. The van der Waals surface area contributed by atoms with E-state index in [-0.39, 0.29) is 6.42 Å². The quantitative estimate of drug-likeness (QED) is 0.829. The Bertz CT molecular complexity index is 682. The molecule has 2 rings (SSSR count). The van der Waals surface area contributed by atoms with Gasteiger partial charge in [0.2, 0.25) is 11.8 Å². The lowest BCUT2D eigenvalue weighted by atomic mass is 10.2. The molecule has 1 aromatic heterocycles. The minimum atomic E-state index is -0.455. The number of nitrogens with zero attached hydrogens (tertiary/aromatic N) is 1. The van der Waals surface area contributed by atoms with E-state index in [0.29, 0.717) is 17.3 Å². The number of halogens is 1. The maximum absolute atomic E-state index is 11.8. The third-order valence-electron chi connectivity index (χ3n) is 2.62. The van der Waals surface area contributed by atoms with Crippen LogP contribution in [0, 0.1) is 13.8 Å². The van der Waals surface area contributed by atoms with Crippen molar-refractivity contribution in [3.8, 4) is 0 Å². The molecule has 21 heavy (non-hydrogen) atoms. The molecule has 2 amide bonds. The van der Waals surface area contributed by atoms with E-state index in [9.17, 15) is 9.59 Å². The first kappa shape index (κ1) is 15.2. The van der Waals surface area contributed by atoms with Crippen molar-refractivity contribution < 1.29 is 14.1 Å². The molecule has 0 aliphatic carbocycles. The zero-order valence-corrected chi connectivity index (χ0v) is 13.2. The smallest absolute Gasteiger partial charge is 0.235 e. The van der Waals surface area contributed by atoms with Crippen LogP contribution in [0.2, 0.25) is 0 Å². The van der Waals surface area contributed by atoms with Crippen LogP contribution in [0.15, 0.2) is 33.3 Å². The summed E-state index contributed by atoms with van der Waals surface area (Å²) >= 11 is 3.36. The summed E-state index contributed by atoms with van der Waals surface area (Å²) in [7, 11) is 0. The monoisotopic (exact) mass is 351 g/mol. The van der Waals surface area contributed by atoms with Crippen LogP contribution < -0.4 is 10.6 Å². The molecular formula is C14H14BrN3O3. The number of aryl methyl sites for hydroxylation is 2. The van der Waals surface area contributed by atoms with Gasteiger partial charge in [-0.25, -0.2) is 0 Å². The third-order valence-corrected chi connectivity index (χ3v) is 3.27. The molecule has 2 aromatic rings. The van der Waals surface area contributed by atoms with Crippen molar-refractivity contribution >= 4 is 39.2 Å². The zero-order valence-electron chi connectivity index (χ0n) is 11.6. The molecule has 0 aliphatic heterocycles. The molecule has 110 valence electrons. The summed E-state index contributed by atoms with van der Waals surface area (Å²) in [5.41, 5.74) is 1.69. The van der Waals surface area contributed by atoms with Gasteiger partial charge in [0.1, 0.15) is 12.2 Å². The molecule has 0 aliphatic rings. The number of rotatable bonds is 4. The predicted octanol–water partition coefficient (Wildman–Crippen LogP) is 3.02. The molecule has 0 spiro atoms. The SMILES string of the molecule is Cc1ccc(NC(=O)CC(=O)Nc2cc(C)on2)c(Br)c1. The Morgan fingerprint density at radius 2 is 1.90 bits per heavy atom. The van der Waals surface area contributed by atoms with Crippen LogP contribution >= 0.6 is 15.9 Å². The lowest BCUT2D eigenvalue weighted by Gasteiger charge is -2.07. The first-order valence-corrected chi connectivity index (χ1v) is 7.02. The highest BCUT2D eigenvalue weighted by atomic mass is 79.9. The summed E-state index contributed by atoms with van der Waals surface area (Å²) in [4.78, 5) is 23.5. The molecule has 6 nitrogen and oxygen atoms in total. The molecule has 0 bridgehead atoms. The van der Waals surface area contributed by atoms with Gasteiger partial charge >= 0.3 is 0 Å². The highest BCUT2D eigenvalue weighted by Gasteiger charge is 2.12. The molecular weight excluding hydrogens is 338 g/mol. The molecule has 0 fully saturated rings. The van der Waals surface area contributed by atoms with Gasteiger partial charge in [0.15, 0.2) is 5.82 Å². The van der Waals surface area contributed by atoms with Crippen molar-refractivity contribution in [3.05, 3.63) is 40.1 Å². The minimum absolute atomic E-state index is 0.293. The average molecular weight is 352 g/mol. The maximum atomic E-state index is 11.8. The second-order valence-electron chi connectivity index (χ2n) is 4.58. The summed E-state index contributed by atoms with van der Waals surface area (Å²) in [5, 5.41) is 8.78. The Labute approximate surface area is 130 Å². The second-order valence-corrected chi connectivity index (χ2v) is 5.43. The standard InChI is InChI=1S/C14H14BrN3O3/c1-8-3-4-11(10(15)5-8)16-13(19)7-14(20)17-12-6-9(2)21-18-12/h3-6H,7H2,1-2H3,(H,16,19)(H,17,18,20). The molecule has 1 aromatic carbocycles. The average Bonchev–Trinajstić information content (AvgIpc) is 2.78. The van der Waals surface area contributed by atoms with E-state index in [0.717, 1.165) is 10.0 Å². The fraction of sp³-hybridized carbons (Fsp3) is 0.214. The van der Waals surface area contributed by atoms with Crippen LogP contribution in [0.25, 0.3) is 0 Å². The van der Waals surface area contributed by atoms with Gasteiger partial charge in [-0.3, -0.25) is 9.59 Å². The van der Waals surface area contributed by atoms with Crippen LogP contribution in [0.5, 0.6) is 0 Å². The van der Waals surface area contributed by atoms with E-state index in [4.69, 9.17) is 4.52 Å². The number of benzene rings is 1. The van der Waals surface area contributed by atoms with Gasteiger partial charge in [0.05, 0.1) is 5.69 Å². The number of nitrogens with one attached hydrogen (secondary N) is 2. The molecule has 0 atom stereocenters. The Hall–Kier alpha value is -2.15. The lowest BCUT2D eigenvalue weighted by Crippen LogP contribution is -2.21. The van der Waals surface area contributed by atoms with Crippen LogP contribution in [0.1, 0.15) is 17.7 Å². The van der Waals surface area contributed by atoms with E-state index in [1.165, 1.54) is 0 Å². The fourth-order valence-corrected chi connectivity index (χ4v) is 2.27. The van der Waals surface area contributed by atoms with E-state index < -0.39 is 11.8 Å². The first-order chi connectivity index (χ1) is 9.94. The predicted molar refractivity (Wildman–Crippen MR) is 82.0 cm³/mol. The summed E-state index contributed by atoms with van der Waals surface area (Å²) < 4.78 is 5.59. The molecule has 0 unspecified atom stereocenters.